The second-order valence-electron chi connectivity index (χ2n) is 7.07. The van der Waals surface area contributed by atoms with Crippen molar-refractivity contribution in [3.63, 3.8) is 0 Å². The van der Waals surface area contributed by atoms with Crippen LogP contribution in [0, 0.1) is 0 Å². The summed E-state index contributed by atoms with van der Waals surface area (Å²) in [6.07, 6.45) is 8.72. The molecule has 0 fully saturated rings. The van der Waals surface area contributed by atoms with Crippen molar-refractivity contribution in [2.24, 2.45) is 0 Å². The number of pyridine rings is 1. The number of carbonyl (C=O) groups excluding carboxylic acids is 1. The number of hydrogen-bond donors (Lipinski definition) is 1. The predicted octanol–water partition coefficient (Wildman–Crippen LogP) is 2.99. The molecule has 1 aromatic heterocycles. The normalized spacial score (nSPS) is 20.9. The first-order valence-corrected chi connectivity index (χ1v) is 11.5. The van der Waals surface area contributed by atoms with Crippen molar-refractivity contribution < 1.29 is 13.2 Å². The average Bonchev–Trinajstić information content (AvgIpc) is 2.75. The van der Waals surface area contributed by atoms with Gasteiger partial charge in [-0.05, 0) is 18.1 Å². The molecule has 30 heavy (non-hydrogen) atoms. The maximum absolute atomic E-state index is 12.9. The van der Waals surface area contributed by atoms with E-state index in [9.17, 15) is 18.0 Å². The molecule has 0 saturated heterocycles. The lowest BCUT2D eigenvalue weighted by Crippen LogP contribution is -2.36. The summed E-state index contributed by atoms with van der Waals surface area (Å²) in [5, 5.41) is 0. The number of hydrogen-bond acceptors (Lipinski definition) is 4. The van der Waals surface area contributed by atoms with Gasteiger partial charge in [0.05, 0.1) is 11.4 Å². The number of halogens is 1. The molecule has 1 aromatic carbocycles. The van der Waals surface area contributed by atoms with E-state index in [0.29, 0.717) is 6.42 Å². The predicted molar refractivity (Wildman–Crippen MR) is 117 cm³/mol. The van der Waals surface area contributed by atoms with Crippen LogP contribution in [-0.2, 0) is 21.4 Å². The molecule has 3 rings (SSSR count). The van der Waals surface area contributed by atoms with Crippen molar-refractivity contribution in [2.75, 3.05) is 6.54 Å². The van der Waals surface area contributed by atoms with Crippen molar-refractivity contribution in [1.29, 1.82) is 0 Å². The van der Waals surface area contributed by atoms with Crippen molar-refractivity contribution in [3.05, 3.63) is 88.9 Å². The number of rotatable bonds is 8. The van der Waals surface area contributed by atoms with E-state index < -0.39 is 26.2 Å². The van der Waals surface area contributed by atoms with E-state index in [-0.39, 0.29) is 23.9 Å². The van der Waals surface area contributed by atoms with Crippen LogP contribution in [0.5, 0.6) is 0 Å². The molecule has 158 valence electrons. The molecule has 0 amide bonds. The Morgan fingerprint density at radius 3 is 2.43 bits per heavy atom. The number of benzene rings is 1. The molecule has 1 heterocycles. The van der Waals surface area contributed by atoms with Crippen LogP contribution >= 0.6 is 11.6 Å². The highest BCUT2D eigenvalue weighted by Crippen LogP contribution is 2.31. The summed E-state index contributed by atoms with van der Waals surface area (Å²) >= 11 is 6.51. The Morgan fingerprint density at radius 1 is 1.13 bits per heavy atom. The van der Waals surface area contributed by atoms with Crippen molar-refractivity contribution in [2.45, 2.75) is 35.6 Å². The summed E-state index contributed by atoms with van der Waals surface area (Å²) in [6, 6.07) is 12.1. The van der Waals surface area contributed by atoms with E-state index in [1.807, 2.05) is 49.4 Å². The Bertz CT molecular complexity index is 1120. The van der Waals surface area contributed by atoms with Gasteiger partial charge in [0.1, 0.15) is 4.87 Å². The second-order valence-corrected chi connectivity index (χ2v) is 9.47. The van der Waals surface area contributed by atoms with E-state index in [1.165, 1.54) is 12.3 Å². The van der Waals surface area contributed by atoms with Gasteiger partial charge in [0.2, 0.25) is 10.0 Å². The standard InChI is InChI=1S/C22H23ClN2O4S/c1-2-14-24-30(28,29)19-8-9-21(27)25(15-19)16-20(26)22(23)12-10-18(11-13-22)17-6-4-3-5-7-17/h3-13,15,18,24H,2,14,16H2,1H3. The van der Waals surface area contributed by atoms with Crippen LogP contribution in [0.3, 0.4) is 0 Å². The molecule has 0 aliphatic heterocycles. The van der Waals surface area contributed by atoms with Gasteiger partial charge in [-0.25, -0.2) is 13.1 Å². The van der Waals surface area contributed by atoms with Crippen molar-refractivity contribution >= 4 is 27.4 Å². The van der Waals surface area contributed by atoms with E-state index in [2.05, 4.69) is 4.72 Å². The first kappa shape index (κ1) is 22.2. The van der Waals surface area contributed by atoms with E-state index in [1.54, 1.807) is 12.2 Å². The summed E-state index contributed by atoms with van der Waals surface area (Å²) in [4.78, 5) is 23.6. The Kier molecular flexibility index (Phi) is 6.75. The van der Waals surface area contributed by atoms with Crippen LogP contribution in [0.4, 0.5) is 0 Å². The van der Waals surface area contributed by atoms with Crippen LogP contribution in [0.1, 0.15) is 24.8 Å². The third kappa shape index (κ3) is 4.98. The Hall–Kier alpha value is -2.48. The van der Waals surface area contributed by atoms with Gasteiger partial charge in [-0.1, -0.05) is 61.6 Å². The molecule has 0 spiro atoms. The zero-order chi connectivity index (χ0) is 21.8. The maximum atomic E-state index is 12.9. The fourth-order valence-electron chi connectivity index (χ4n) is 3.08. The monoisotopic (exact) mass is 446 g/mol. The fourth-order valence-corrected chi connectivity index (χ4v) is 4.44. The van der Waals surface area contributed by atoms with Crippen molar-refractivity contribution in [1.82, 2.24) is 9.29 Å². The summed E-state index contributed by atoms with van der Waals surface area (Å²) < 4.78 is 28.1. The number of sulfonamides is 1. The first-order chi connectivity index (χ1) is 14.2. The lowest BCUT2D eigenvalue weighted by atomic mass is 9.88. The minimum Gasteiger partial charge on any atom is -0.307 e. The highest BCUT2D eigenvalue weighted by Gasteiger charge is 2.33. The zero-order valence-electron chi connectivity index (χ0n) is 16.5. The van der Waals surface area contributed by atoms with Crippen LogP contribution < -0.4 is 10.3 Å². The molecule has 0 atom stereocenters. The molecule has 1 N–H and O–H groups in total. The lowest BCUT2D eigenvalue weighted by Gasteiger charge is -2.24. The van der Waals surface area contributed by atoms with Gasteiger partial charge < -0.3 is 4.57 Å². The van der Waals surface area contributed by atoms with Crippen LogP contribution in [0.25, 0.3) is 0 Å². The summed E-state index contributed by atoms with van der Waals surface area (Å²) in [7, 11) is -3.76. The number of aromatic nitrogens is 1. The highest BCUT2D eigenvalue weighted by atomic mass is 35.5. The lowest BCUT2D eigenvalue weighted by molar-refractivity contribution is -0.120. The van der Waals surface area contributed by atoms with Crippen LogP contribution in [0.15, 0.2) is 82.7 Å². The van der Waals surface area contributed by atoms with Gasteiger partial charge in [0.15, 0.2) is 5.78 Å². The number of ketones is 1. The number of nitrogens with one attached hydrogen (secondary N) is 1. The molecule has 2 aromatic rings. The number of allylic oxidation sites excluding steroid dienone is 4. The highest BCUT2D eigenvalue weighted by molar-refractivity contribution is 7.89. The topological polar surface area (TPSA) is 85.2 Å². The summed E-state index contributed by atoms with van der Waals surface area (Å²) in [6.45, 7) is 1.78. The van der Waals surface area contributed by atoms with E-state index in [0.717, 1.165) is 16.2 Å². The smallest absolute Gasteiger partial charge is 0.250 e. The molecule has 0 unspecified atom stereocenters. The Balaban J connectivity index is 1.78. The quantitative estimate of drug-likeness (QED) is 0.499. The minimum absolute atomic E-state index is 0.00621. The number of Topliss-reactive ketones (excluding diaryl/α,β-unsaturated/α-hetero) is 1. The molecular weight excluding hydrogens is 424 g/mol. The van der Waals surface area contributed by atoms with E-state index in [4.69, 9.17) is 11.6 Å². The minimum atomic E-state index is -3.76. The molecule has 8 heteroatoms. The van der Waals surface area contributed by atoms with E-state index >= 15 is 0 Å². The summed E-state index contributed by atoms with van der Waals surface area (Å²) in [5.41, 5.74) is 0.592. The number of carbonyl (C=O) groups is 1. The average molecular weight is 447 g/mol. The SMILES string of the molecule is CCCNS(=O)(=O)c1ccc(=O)n(CC(=O)C2(Cl)C=CC(c3ccccc3)C=C2)c1. The Morgan fingerprint density at radius 2 is 1.80 bits per heavy atom. The molecular formula is C22H23ClN2O4S. The summed E-state index contributed by atoms with van der Waals surface area (Å²) in [5.74, 6) is -0.423. The molecule has 0 saturated carbocycles. The maximum Gasteiger partial charge on any atom is 0.250 e. The molecule has 1 aliphatic rings. The van der Waals surface area contributed by atoms with Gasteiger partial charge in [0.25, 0.3) is 5.56 Å². The van der Waals surface area contributed by atoms with Gasteiger partial charge in [-0.3, -0.25) is 9.59 Å². The van der Waals surface area contributed by atoms with Crippen LogP contribution in [0.2, 0.25) is 0 Å². The molecule has 6 nitrogen and oxygen atoms in total. The fraction of sp³-hybridized carbons (Fsp3) is 0.273. The van der Waals surface area contributed by atoms with Gasteiger partial charge in [-0.2, -0.15) is 0 Å². The van der Waals surface area contributed by atoms with Gasteiger partial charge in [-0.15, -0.1) is 11.6 Å². The zero-order valence-corrected chi connectivity index (χ0v) is 18.1. The number of nitrogens with zero attached hydrogens (tertiary/aromatic N) is 1. The van der Waals surface area contributed by atoms with Crippen molar-refractivity contribution in [3.8, 4) is 0 Å². The number of alkyl halides is 1. The second kappa shape index (κ2) is 9.12. The Labute approximate surface area is 180 Å². The molecule has 0 bridgehead atoms. The largest absolute Gasteiger partial charge is 0.307 e. The molecule has 0 radical (unpaired) electrons. The third-order valence-corrected chi connectivity index (χ3v) is 6.74. The molecule has 1 aliphatic carbocycles. The van der Waals surface area contributed by atoms with Crippen LogP contribution in [-0.4, -0.2) is 30.2 Å². The third-order valence-electron chi connectivity index (χ3n) is 4.83. The van der Waals surface area contributed by atoms with Gasteiger partial charge in [0, 0.05) is 24.7 Å². The van der Waals surface area contributed by atoms with Gasteiger partial charge >= 0.3 is 0 Å². The first-order valence-electron chi connectivity index (χ1n) is 9.61.